The summed E-state index contributed by atoms with van der Waals surface area (Å²) in [5, 5.41) is 2.97. The molecular formula is C21H21N3O2. The molecule has 2 aromatic carbocycles. The second-order valence-corrected chi connectivity index (χ2v) is 6.73. The van der Waals surface area contributed by atoms with Crippen molar-refractivity contribution >= 4 is 11.9 Å². The minimum Gasteiger partial charge on any atom is -0.327 e. The van der Waals surface area contributed by atoms with E-state index in [-0.39, 0.29) is 18.0 Å². The van der Waals surface area contributed by atoms with Gasteiger partial charge in [0.25, 0.3) is 5.91 Å². The standard InChI is InChI=1S/C21H21N3O2/c1-14(15-9-5-3-6-10-15)24-13-17-18(20(24)25)19(22-21(26)23(17)2)16-11-7-4-8-12-16/h3-12,14,19H,13H2,1-2H3,(H,22,26)/t14-,19-/m0/s1. The average molecular weight is 347 g/mol. The summed E-state index contributed by atoms with van der Waals surface area (Å²) in [6, 6.07) is 19.0. The Balaban J connectivity index is 1.71. The maximum Gasteiger partial charge on any atom is 0.322 e. The second kappa shape index (κ2) is 6.33. The number of hydrogen-bond donors (Lipinski definition) is 1. The highest BCUT2D eigenvalue weighted by Crippen LogP contribution is 2.38. The lowest BCUT2D eigenvalue weighted by molar-refractivity contribution is -0.127. The number of urea groups is 1. The first-order valence-corrected chi connectivity index (χ1v) is 8.76. The van der Waals surface area contributed by atoms with E-state index in [9.17, 15) is 9.59 Å². The van der Waals surface area contributed by atoms with Gasteiger partial charge in [0.1, 0.15) is 0 Å². The number of hydrogen-bond acceptors (Lipinski definition) is 2. The van der Waals surface area contributed by atoms with Gasteiger partial charge in [-0.05, 0) is 18.1 Å². The van der Waals surface area contributed by atoms with E-state index in [0.717, 1.165) is 16.8 Å². The minimum atomic E-state index is -0.407. The molecule has 2 atom stereocenters. The number of carbonyl (C=O) groups is 2. The lowest BCUT2D eigenvalue weighted by atomic mass is 9.96. The first kappa shape index (κ1) is 16.4. The summed E-state index contributed by atoms with van der Waals surface area (Å²) in [6.07, 6.45) is 0. The van der Waals surface area contributed by atoms with Crippen LogP contribution in [-0.4, -0.2) is 35.3 Å². The van der Waals surface area contributed by atoms with Crippen LogP contribution in [0.15, 0.2) is 71.9 Å². The molecule has 2 aliphatic rings. The molecule has 0 unspecified atom stereocenters. The second-order valence-electron chi connectivity index (χ2n) is 6.73. The van der Waals surface area contributed by atoms with Crippen molar-refractivity contribution in [3.63, 3.8) is 0 Å². The maximum atomic E-state index is 13.3. The molecule has 5 nitrogen and oxygen atoms in total. The molecule has 5 heteroatoms. The van der Waals surface area contributed by atoms with Gasteiger partial charge in [0, 0.05) is 7.05 Å². The van der Waals surface area contributed by atoms with Gasteiger partial charge in [-0.3, -0.25) is 9.69 Å². The fraction of sp³-hybridized carbons (Fsp3) is 0.238. The van der Waals surface area contributed by atoms with Crippen molar-refractivity contribution in [2.75, 3.05) is 13.6 Å². The van der Waals surface area contributed by atoms with Crippen LogP contribution in [0, 0.1) is 0 Å². The predicted molar refractivity (Wildman–Crippen MR) is 99.1 cm³/mol. The Morgan fingerprint density at radius 2 is 1.62 bits per heavy atom. The summed E-state index contributed by atoms with van der Waals surface area (Å²) >= 11 is 0. The van der Waals surface area contributed by atoms with E-state index < -0.39 is 6.04 Å². The Kier molecular flexibility index (Phi) is 3.99. The Morgan fingerprint density at radius 3 is 2.27 bits per heavy atom. The topological polar surface area (TPSA) is 52.7 Å². The molecule has 0 saturated carbocycles. The molecule has 3 amide bonds. The fourth-order valence-electron chi connectivity index (χ4n) is 3.71. The summed E-state index contributed by atoms with van der Waals surface area (Å²) in [5.74, 6) is -0.0166. The van der Waals surface area contributed by atoms with Crippen molar-refractivity contribution < 1.29 is 9.59 Å². The van der Waals surface area contributed by atoms with Crippen LogP contribution in [0.5, 0.6) is 0 Å². The van der Waals surface area contributed by atoms with Gasteiger partial charge >= 0.3 is 6.03 Å². The Labute approximate surface area is 152 Å². The van der Waals surface area contributed by atoms with E-state index in [4.69, 9.17) is 0 Å². The molecule has 0 aliphatic carbocycles. The molecular weight excluding hydrogens is 326 g/mol. The molecule has 0 saturated heterocycles. The van der Waals surface area contributed by atoms with Crippen LogP contribution in [0.2, 0.25) is 0 Å². The molecule has 0 radical (unpaired) electrons. The predicted octanol–water partition coefficient (Wildman–Crippen LogP) is 3.24. The molecule has 0 aromatic heterocycles. The molecule has 4 rings (SSSR count). The largest absolute Gasteiger partial charge is 0.327 e. The van der Waals surface area contributed by atoms with Gasteiger partial charge in [0.2, 0.25) is 0 Å². The molecule has 132 valence electrons. The Bertz CT molecular complexity index is 877. The molecule has 0 fully saturated rings. The van der Waals surface area contributed by atoms with Crippen molar-refractivity contribution in [1.82, 2.24) is 15.1 Å². The van der Waals surface area contributed by atoms with Crippen molar-refractivity contribution in [2.45, 2.75) is 19.0 Å². The van der Waals surface area contributed by atoms with E-state index in [0.29, 0.717) is 12.1 Å². The van der Waals surface area contributed by atoms with Crippen molar-refractivity contribution in [2.24, 2.45) is 0 Å². The van der Waals surface area contributed by atoms with Crippen LogP contribution in [0.3, 0.4) is 0 Å². The zero-order valence-electron chi connectivity index (χ0n) is 14.8. The van der Waals surface area contributed by atoms with Crippen LogP contribution in [0.4, 0.5) is 4.79 Å². The first-order valence-electron chi connectivity index (χ1n) is 8.76. The summed E-state index contributed by atoms with van der Waals surface area (Å²) in [6.45, 7) is 2.47. The molecule has 0 bridgehead atoms. The van der Waals surface area contributed by atoms with Crippen LogP contribution in [0.25, 0.3) is 0 Å². The molecule has 26 heavy (non-hydrogen) atoms. The maximum absolute atomic E-state index is 13.3. The number of nitrogens with one attached hydrogen (secondary N) is 1. The van der Waals surface area contributed by atoms with Gasteiger partial charge in [-0.1, -0.05) is 60.7 Å². The van der Waals surface area contributed by atoms with Crippen molar-refractivity contribution in [3.05, 3.63) is 83.1 Å². The monoisotopic (exact) mass is 347 g/mol. The van der Waals surface area contributed by atoms with Crippen molar-refractivity contribution in [1.29, 1.82) is 0 Å². The van der Waals surface area contributed by atoms with Gasteiger partial charge in [-0.15, -0.1) is 0 Å². The summed E-state index contributed by atoms with van der Waals surface area (Å²) in [4.78, 5) is 29.1. The van der Waals surface area contributed by atoms with E-state index in [2.05, 4.69) is 5.32 Å². The van der Waals surface area contributed by atoms with Crippen LogP contribution in [0.1, 0.15) is 30.1 Å². The minimum absolute atomic E-state index is 0.0166. The lowest BCUT2D eigenvalue weighted by Gasteiger charge is -2.31. The van der Waals surface area contributed by atoms with Crippen LogP contribution < -0.4 is 5.32 Å². The van der Waals surface area contributed by atoms with E-state index in [1.54, 1.807) is 11.9 Å². The van der Waals surface area contributed by atoms with E-state index in [1.807, 2.05) is 72.5 Å². The summed E-state index contributed by atoms with van der Waals surface area (Å²) < 4.78 is 0. The Morgan fingerprint density at radius 1 is 1.00 bits per heavy atom. The van der Waals surface area contributed by atoms with Crippen molar-refractivity contribution in [3.8, 4) is 0 Å². The summed E-state index contributed by atoms with van der Waals surface area (Å²) in [5.41, 5.74) is 3.46. The highest BCUT2D eigenvalue weighted by atomic mass is 16.2. The van der Waals surface area contributed by atoms with Gasteiger partial charge in [-0.2, -0.15) is 0 Å². The third-order valence-electron chi connectivity index (χ3n) is 5.27. The molecule has 0 spiro atoms. The number of likely N-dealkylation sites (N-methyl/N-ethyl adjacent to an activating group) is 1. The fourth-order valence-corrected chi connectivity index (χ4v) is 3.71. The molecule has 2 aliphatic heterocycles. The number of amides is 3. The molecule has 1 N–H and O–H groups in total. The quantitative estimate of drug-likeness (QED) is 0.927. The van der Waals surface area contributed by atoms with E-state index in [1.165, 1.54) is 0 Å². The normalized spacial score (nSPS) is 20.9. The number of benzene rings is 2. The highest BCUT2D eigenvalue weighted by molar-refractivity contribution is 6.01. The number of rotatable bonds is 3. The number of carbonyl (C=O) groups excluding carboxylic acids is 2. The Hall–Kier alpha value is -3.08. The van der Waals surface area contributed by atoms with Crippen LogP contribution >= 0.6 is 0 Å². The number of nitrogens with zero attached hydrogens (tertiary/aromatic N) is 2. The van der Waals surface area contributed by atoms with Crippen LogP contribution in [-0.2, 0) is 4.79 Å². The molecule has 2 heterocycles. The van der Waals surface area contributed by atoms with Gasteiger partial charge in [0.05, 0.1) is 29.9 Å². The lowest BCUT2D eigenvalue weighted by Crippen LogP contribution is -2.45. The SMILES string of the molecule is C[C@@H](c1ccccc1)N1CC2=C(C1=O)[C@H](c1ccccc1)NC(=O)N2C. The van der Waals surface area contributed by atoms with Gasteiger partial charge < -0.3 is 10.2 Å². The molecule has 2 aromatic rings. The van der Waals surface area contributed by atoms with Gasteiger partial charge in [-0.25, -0.2) is 4.79 Å². The zero-order valence-corrected chi connectivity index (χ0v) is 14.8. The van der Waals surface area contributed by atoms with E-state index >= 15 is 0 Å². The highest BCUT2D eigenvalue weighted by Gasteiger charge is 2.44. The van der Waals surface area contributed by atoms with Gasteiger partial charge in [0.15, 0.2) is 0 Å². The first-order chi connectivity index (χ1) is 12.6. The zero-order chi connectivity index (χ0) is 18.3. The summed E-state index contributed by atoms with van der Waals surface area (Å²) in [7, 11) is 1.72. The smallest absolute Gasteiger partial charge is 0.322 e. The third kappa shape index (κ3) is 2.56. The third-order valence-corrected chi connectivity index (χ3v) is 5.27. The average Bonchev–Trinajstić information content (AvgIpc) is 3.03.